The maximum Gasteiger partial charge on any atom is 0.325 e. The van der Waals surface area contributed by atoms with Gasteiger partial charge in [-0.1, -0.05) is 13.8 Å². The minimum absolute atomic E-state index is 0.0989. The van der Waals surface area contributed by atoms with Gasteiger partial charge in [0, 0.05) is 0 Å². The third-order valence-corrected chi connectivity index (χ3v) is 4.67. The van der Waals surface area contributed by atoms with Gasteiger partial charge in [-0.3, -0.25) is 14.5 Å². The Hall–Kier alpha value is -1.63. The quantitative estimate of drug-likeness (QED) is 0.609. The molecule has 0 bridgehead atoms. The first-order valence-electron chi connectivity index (χ1n) is 8.00. The highest BCUT2D eigenvalue weighted by Gasteiger charge is 2.55. The summed E-state index contributed by atoms with van der Waals surface area (Å²) in [5, 5.41) is 6.18. The Morgan fingerprint density at radius 1 is 1.36 bits per heavy atom. The molecule has 4 amide bonds. The molecular weight excluding hydrogens is 284 g/mol. The summed E-state index contributed by atoms with van der Waals surface area (Å²) in [5.41, 5.74) is 4.29. The molecule has 124 valence electrons. The summed E-state index contributed by atoms with van der Waals surface area (Å²) in [5.74, 6) is -0.423. The van der Waals surface area contributed by atoms with E-state index >= 15 is 0 Å². The maximum atomic E-state index is 12.9. The van der Waals surface area contributed by atoms with Crippen LogP contribution in [0.15, 0.2) is 0 Å². The van der Waals surface area contributed by atoms with Crippen molar-refractivity contribution in [2.24, 2.45) is 17.6 Å². The molecule has 2 aliphatic heterocycles. The molecule has 22 heavy (non-hydrogen) atoms. The van der Waals surface area contributed by atoms with Gasteiger partial charge < -0.3 is 16.4 Å². The average molecular weight is 310 g/mol. The molecule has 2 rings (SSSR count). The van der Waals surface area contributed by atoms with Crippen LogP contribution >= 0.6 is 0 Å². The number of piperidine rings is 1. The molecule has 7 heteroatoms. The van der Waals surface area contributed by atoms with E-state index in [9.17, 15) is 14.4 Å². The Morgan fingerprint density at radius 3 is 2.55 bits per heavy atom. The molecule has 2 saturated heterocycles. The zero-order valence-corrected chi connectivity index (χ0v) is 13.4. The molecule has 0 saturated carbocycles. The first-order chi connectivity index (χ1) is 10.4. The molecule has 0 aliphatic carbocycles. The molecular formula is C15H26N4O3. The number of imide groups is 1. The molecule has 0 radical (unpaired) electrons. The summed E-state index contributed by atoms with van der Waals surface area (Å²) in [6.45, 7) is 5.52. The van der Waals surface area contributed by atoms with Gasteiger partial charge in [0.25, 0.3) is 5.91 Å². The van der Waals surface area contributed by atoms with Crippen molar-refractivity contribution in [2.75, 3.05) is 19.6 Å². The molecule has 0 spiro atoms. The summed E-state index contributed by atoms with van der Waals surface area (Å²) in [7, 11) is 0. The van der Waals surface area contributed by atoms with E-state index in [-0.39, 0.29) is 18.4 Å². The molecule has 7 nitrogen and oxygen atoms in total. The fraction of sp³-hybridized carbons (Fsp3) is 0.800. The summed E-state index contributed by atoms with van der Waals surface area (Å²) < 4.78 is 0. The maximum absolute atomic E-state index is 12.9. The van der Waals surface area contributed by atoms with Crippen LogP contribution in [0.2, 0.25) is 0 Å². The van der Waals surface area contributed by atoms with Gasteiger partial charge in [0.05, 0.1) is 0 Å². The van der Waals surface area contributed by atoms with Gasteiger partial charge in [0.2, 0.25) is 5.91 Å². The number of carbonyl (C=O) groups is 3. The number of nitrogens with zero attached hydrogens (tertiary/aromatic N) is 1. The van der Waals surface area contributed by atoms with E-state index in [2.05, 4.69) is 24.5 Å². The minimum atomic E-state index is -0.876. The lowest BCUT2D eigenvalue weighted by Crippen LogP contribution is -2.56. The standard InChI is InChI=1S/C15H26N4O3/c1-10(2)3-6-15(11-4-7-17-8-5-11)13(21)19(9-12(16)20)14(22)18-15/h10-11,17H,3-9H2,1-2H3,(H2,16,20)(H,18,22). The number of nitrogens with two attached hydrogens (primary N) is 1. The molecule has 2 aliphatic rings. The van der Waals surface area contributed by atoms with Crippen LogP contribution in [0.4, 0.5) is 4.79 Å². The Balaban J connectivity index is 2.25. The number of carbonyl (C=O) groups excluding carboxylic acids is 3. The van der Waals surface area contributed by atoms with Crippen molar-refractivity contribution in [3.63, 3.8) is 0 Å². The molecule has 0 aromatic rings. The van der Waals surface area contributed by atoms with Crippen LogP contribution < -0.4 is 16.4 Å². The van der Waals surface area contributed by atoms with E-state index < -0.39 is 17.5 Å². The molecule has 1 atom stereocenters. The van der Waals surface area contributed by atoms with Gasteiger partial charge in [-0.05, 0) is 50.6 Å². The number of amides is 4. The summed E-state index contributed by atoms with van der Waals surface area (Å²) in [6.07, 6.45) is 3.14. The lowest BCUT2D eigenvalue weighted by Gasteiger charge is -2.38. The van der Waals surface area contributed by atoms with Crippen LogP contribution in [-0.4, -0.2) is 47.9 Å². The number of hydrogen-bond donors (Lipinski definition) is 3. The van der Waals surface area contributed by atoms with Crippen molar-refractivity contribution in [3.05, 3.63) is 0 Å². The van der Waals surface area contributed by atoms with Crippen molar-refractivity contribution >= 4 is 17.8 Å². The van der Waals surface area contributed by atoms with E-state index in [1.165, 1.54) is 0 Å². The first kappa shape index (κ1) is 16.7. The van der Waals surface area contributed by atoms with Crippen molar-refractivity contribution in [3.8, 4) is 0 Å². The highest BCUT2D eigenvalue weighted by atomic mass is 16.2. The van der Waals surface area contributed by atoms with Crippen molar-refractivity contribution in [2.45, 2.75) is 45.1 Å². The zero-order chi connectivity index (χ0) is 16.3. The average Bonchev–Trinajstić information content (AvgIpc) is 2.71. The molecule has 2 heterocycles. The van der Waals surface area contributed by atoms with Gasteiger partial charge in [0.1, 0.15) is 12.1 Å². The second-order valence-electron chi connectivity index (χ2n) is 6.72. The topological polar surface area (TPSA) is 105 Å². The number of rotatable bonds is 6. The van der Waals surface area contributed by atoms with Crippen LogP contribution in [0.25, 0.3) is 0 Å². The SMILES string of the molecule is CC(C)CCC1(C2CCNCC2)NC(=O)N(CC(N)=O)C1=O. The van der Waals surface area contributed by atoms with Crippen molar-refractivity contribution < 1.29 is 14.4 Å². The lowest BCUT2D eigenvalue weighted by molar-refractivity contribution is -0.136. The van der Waals surface area contributed by atoms with Gasteiger partial charge >= 0.3 is 6.03 Å². The van der Waals surface area contributed by atoms with E-state index in [4.69, 9.17) is 5.73 Å². The number of urea groups is 1. The van der Waals surface area contributed by atoms with E-state index in [0.29, 0.717) is 12.3 Å². The van der Waals surface area contributed by atoms with E-state index in [0.717, 1.165) is 37.3 Å². The molecule has 0 aromatic carbocycles. The Kier molecular flexibility index (Phi) is 5.05. The smallest absolute Gasteiger partial charge is 0.325 e. The summed E-state index contributed by atoms with van der Waals surface area (Å²) in [6, 6.07) is -0.494. The van der Waals surface area contributed by atoms with E-state index in [1.54, 1.807) is 0 Å². The van der Waals surface area contributed by atoms with Gasteiger partial charge in [-0.2, -0.15) is 0 Å². The second kappa shape index (κ2) is 6.64. The Labute approximate surface area is 131 Å². The number of nitrogens with one attached hydrogen (secondary N) is 2. The fourth-order valence-electron chi connectivity index (χ4n) is 3.43. The van der Waals surface area contributed by atoms with Gasteiger partial charge in [-0.25, -0.2) is 4.79 Å². The van der Waals surface area contributed by atoms with Crippen LogP contribution in [0, 0.1) is 11.8 Å². The van der Waals surface area contributed by atoms with Crippen LogP contribution in [0.1, 0.15) is 39.5 Å². The van der Waals surface area contributed by atoms with Gasteiger partial charge in [-0.15, -0.1) is 0 Å². The first-order valence-corrected chi connectivity index (χ1v) is 8.00. The fourth-order valence-corrected chi connectivity index (χ4v) is 3.43. The number of primary amides is 1. The highest BCUT2D eigenvalue weighted by Crippen LogP contribution is 2.36. The van der Waals surface area contributed by atoms with Crippen LogP contribution in [0.3, 0.4) is 0 Å². The predicted molar refractivity (Wildman–Crippen MR) is 81.8 cm³/mol. The Morgan fingerprint density at radius 2 is 2.00 bits per heavy atom. The molecule has 0 aromatic heterocycles. The molecule has 2 fully saturated rings. The predicted octanol–water partition coefficient (Wildman–Crippen LogP) is 0.198. The third-order valence-electron chi connectivity index (χ3n) is 4.67. The minimum Gasteiger partial charge on any atom is -0.368 e. The van der Waals surface area contributed by atoms with E-state index in [1.807, 2.05) is 0 Å². The van der Waals surface area contributed by atoms with Crippen LogP contribution in [-0.2, 0) is 9.59 Å². The monoisotopic (exact) mass is 310 g/mol. The largest absolute Gasteiger partial charge is 0.368 e. The summed E-state index contributed by atoms with van der Waals surface area (Å²) >= 11 is 0. The lowest BCUT2D eigenvalue weighted by atomic mass is 9.74. The molecule has 1 unspecified atom stereocenters. The Bertz CT molecular complexity index is 460. The normalized spacial score (nSPS) is 26.6. The van der Waals surface area contributed by atoms with Crippen LogP contribution in [0.5, 0.6) is 0 Å². The van der Waals surface area contributed by atoms with Crippen molar-refractivity contribution in [1.29, 1.82) is 0 Å². The van der Waals surface area contributed by atoms with Crippen molar-refractivity contribution in [1.82, 2.24) is 15.5 Å². The summed E-state index contributed by atoms with van der Waals surface area (Å²) in [4.78, 5) is 37.2. The number of hydrogen-bond acceptors (Lipinski definition) is 4. The van der Waals surface area contributed by atoms with Gasteiger partial charge in [0.15, 0.2) is 0 Å². The third kappa shape index (κ3) is 3.24. The zero-order valence-electron chi connectivity index (χ0n) is 13.4. The second-order valence-corrected chi connectivity index (χ2v) is 6.72. The highest BCUT2D eigenvalue weighted by molar-refractivity contribution is 6.09. The molecule has 4 N–H and O–H groups in total.